The van der Waals surface area contributed by atoms with Crippen LogP contribution in [-0.4, -0.2) is 21.0 Å². The predicted octanol–water partition coefficient (Wildman–Crippen LogP) is 4.07. The molecule has 0 atom stereocenters. The van der Waals surface area contributed by atoms with Crippen LogP contribution in [0.4, 0.5) is 10.2 Å². The van der Waals surface area contributed by atoms with Gasteiger partial charge in [-0.25, -0.2) is 14.4 Å². The molecule has 0 aliphatic carbocycles. The molecule has 0 saturated heterocycles. The number of nitrogens with zero attached hydrogens (tertiary/aromatic N) is 3. The first-order valence-corrected chi connectivity index (χ1v) is 9.62. The molecule has 0 bridgehead atoms. The summed E-state index contributed by atoms with van der Waals surface area (Å²) in [4.78, 5) is 21.1. The van der Waals surface area contributed by atoms with Crippen LogP contribution in [0.5, 0.6) is 0 Å². The van der Waals surface area contributed by atoms with Crippen LogP contribution < -0.4 is 11.1 Å². The molecule has 4 rings (SSSR count). The number of hydrogen-bond acceptors (Lipinski definition) is 6. The maximum absolute atomic E-state index is 14.8. The molecule has 0 spiro atoms. The molecule has 7 nitrogen and oxygen atoms in total. The average molecular weight is 417 g/mol. The first kappa shape index (κ1) is 20.2. The maximum atomic E-state index is 14.8. The van der Waals surface area contributed by atoms with Crippen LogP contribution in [-0.2, 0) is 6.54 Å². The molecule has 2 heterocycles. The summed E-state index contributed by atoms with van der Waals surface area (Å²) in [7, 11) is 0. The Labute approximate surface area is 178 Å². The minimum absolute atomic E-state index is 0.0620. The van der Waals surface area contributed by atoms with Crippen molar-refractivity contribution in [1.82, 2.24) is 20.4 Å². The Bertz CT molecular complexity index is 1230. The molecule has 0 aliphatic heterocycles. The number of nitrogens with two attached hydrogens (primary N) is 1. The summed E-state index contributed by atoms with van der Waals surface area (Å²) >= 11 is 0. The van der Waals surface area contributed by atoms with Gasteiger partial charge in [0.15, 0.2) is 0 Å². The Balaban J connectivity index is 1.61. The summed E-state index contributed by atoms with van der Waals surface area (Å²) in [6.07, 6.45) is 1.52. The molecule has 2 aromatic carbocycles. The SMILES string of the molecule is Cc1noc(C)c1-c1cnc(N)c(-c2ccc(C(=O)NCc3ccccc3)c(F)c2)n1. The van der Waals surface area contributed by atoms with E-state index in [0.717, 1.165) is 5.56 Å². The van der Waals surface area contributed by atoms with Gasteiger partial charge in [0.1, 0.15) is 23.1 Å². The third kappa shape index (κ3) is 4.13. The van der Waals surface area contributed by atoms with Gasteiger partial charge in [0.25, 0.3) is 5.91 Å². The normalized spacial score (nSPS) is 10.8. The van der Waals surface area contributed by atoms with Gasteiger partial charge in [0.2, 0.25) is 0 Å². The van der Waals surface area contributed by atoms with Crippen LogP contribution in [0.25, 0.3) is 22.5 Å². The number of amides is 1. The topological polar surface area (TPSA) is 107 Å². The summed E-state index contributed by atoms with van der Waals surface area (Å²) in [6.45, 7) is 3.88. The number of hydrogen-bond donors (Lipinski definition) is 2. The molecular weight excluding hydrogens is 397 g/mol. The van der Waals surface area contributed by atoms with Gasteiger partial charge in [-0.1, -0.05) is 41.6 Å². The van der Waals surface area contributed by atoms with Crippen molar-refractivity contribution in [3.05, 3.63) is 83.1 Å². The zero-order valence-electron chi connectivity index (χ0n) is 17.0. The number of halogens is 1. The molecule has 4 aromatic rings. The Morgan fingerprint density at radius 2 is 1.94 bits per heavy atom. The number of aryl methyl sites for hydroxylation is 2. The molecule has 3 N–H and O–H groups in total. The molecule has 0 fully saturated rings. The zero-order chi connectivity index (χ0) is 22.0. The van der Waals surface area contributed by atoms with E-state index in [1.807, 2.05) is 30.3 Å². The van der Waals surface area contributed by atoms with Gasteiger partial charge in [0, 0.05) is 12.1 Å². The monoisotopic (exact) mass is 417 g/mol. The lowest BCUT2D eigenvalue weighted by atomic mass is 10.1. The second-order valence-electron chi connectivity index (χ2n) is 7.05. The van der Waals surface area contributed by atoms with E-state index in [9.17, 15) is 9.18 Å². The molecular formula is C23H20FN5O2. The van der Waals surface area contributed by atoms with E-state index in [1.54, 1.807) is 19.9 Å². The quantitative estimate of drug-likeness (QED) is 0.507. The number of rotatable bonds is 5. The fraction of sp³-hybridized carbons (Fsp3) is 0.130. The van der Waals surface area contributed by atoms with Crippen LogP contribution >= 0.6 is 0 Å². The highest BCUT2D eigenvalue weighted by molar-refractivity contribution is 5.95. The van der Waals surface area contributed by atoms with Crippen LogP contribution in [0.3, 0.4) is 0 Å². The molecule has 0 unspecified atom stereocenters. The largest absolute Gasteiger partial charge is 0.382 e. The number of nitrogens with one attached hydrogen (secondary N) is 1. The summed E-state index contributed by atoms with van der Waals surface area (Å²) < 4.78 is 20.0. The Morgan fingerprint density at radius 1 is 1.16 bits per heavy atom. The van der Waals surface area contributed by atoms with E-state index < -0.39 is 11.7 Å². The summed E-state index contributed by atoms with van der Waals surface area (Å²) in [6, 6.07) is 13.6. The highest BCUT2D eigenvalue weighted by Gasteiger charge is 2.18. The van der Waals surface area contributed by atoms with Crippen LogP contribution in [0.1, 0.15) is 27.4 Å². The van der Waals surface area contributed by atoms with Crippen molar-refractivity contribution >= 4 is 11.7 Å². The third-order valence-corrected chi connectivity index (χ3v) is 4.87. The van der Waals surface area contributed by atoms with Gasteiger partial charge < -0.3 is 15.6 Å². The molecule has 156 valence electrons. The van der Waals surface area contributed by atoms with Gasteiger partial charge in [-0.3, -0.25) is 4.79 Å². The molecule has 1 amide bonds. The van der Waals surface area contributed by atoms with Gasteiger partial charge >= 0.3 is 0 Å². The Hall–Kier alpha value is -4.07. The van der Waals surface area contributed by atoms with Gasteiger partial charge in [-0.05, 0) is 31.5 Å². The van der Waals surface area contributed by atoms with Crippen molar-refractivity contribution in [3.8, 4) is 22.5 Å². The standard InChI is InChI=1S/C23H20FN5O2/c1-13-20(14(2)31-29-13)19-12-26-22(25)21(28-19)16-8-9-17(18(24)10-16)23(30)27-11-15-6-4-3-5-7-15/h3-10,12H,11H2,1-2H3,(H2,25,26)(H,27,30). The number of benzene rings is 2. The summed E-state index contributed by atoms with van der Waals surface area (Å²) in [5.74, 6) is -0.432. The van der Waals surface area contributed by atoms with Crippen molar-refractivity contribution in [2.75, 3.05) is 5.73 Å². The van der Waals surface area contributed by atoms with Crippen molar-refractivity contribution in [2.45, 2.75) is 20.4 Å². The molecule has 0 saturated carbocycles. The van der Waals surface area contributed by atoms with Gasteiger partial charge in [-0.2, -0.15) is 0 Å². The number of carbonyl (C=O) groups is 1. The number of nitrogen functional groups attached to an aromatic ring is 1. The average Bonchev–Trinajstić information content (AvgIpc) is 3.11. The van der Waals surface area contributed by atoms with Crippen molar-refractivity contribution in [1.29, 1.82) is 0 Å². The van der Waals surface area contributed by atoms with E-state index in [0.29, 0.717) is 40.5 Å². The van der Waals surface area contributed by atoms with E-state index in [2.05, 4.69) is 20.4 Å². The van der Waals surface area contributed by atoms with E-state index >= 15 is 0 Å². The Kier molecular flexibility index (Phi) is 5.44. The van der Waals surface area contributed by atoms with Crippen LogP contribution in [0, 0.1) is 19.7 Å². The zero-order valence-corrected chi connectivity index (χ0v) is 17.0. The first-order chi connectivity index (χ1) is 14.9. The lowest BCUT2D eigenvalue weighted by molar-refractivity contribution is 0.0947. The minimum atomic E-state index is -0.674. The van der Waals surface area contributed by atoms with Crippen molar-refractivity contribution < 1.29 is 13.7 Å². The molecule has 0 aliphatic rings. The lowest BCUT2D eigenvalue weighted by Crippen LogP contribution is -2.23. The number of anilines is 1. The molecule has 2 aromatic heterocycles. The fourth-order valence-electron chi connectivity index (χ4n) is 3.30. The van der Waals surface area contributed by atoms with Gasteiger partial charge in [0.05, 0.1) is 28.7 Å². The summed E-state index contributed by atoms with van der Waals surface area (Å²) in [5.41, 5.74) is 9.48. The highest BCUT2D eigenvalue weighted by atomic mass is 19.1. The predicted molar refractivity (Wildman–Crippen MR) is 114 cm³/mol. The fourth-order valence-corrected chi connectivity index (χ4v) is 3.30. The van der Waals surface area contributed by atoms with Crippen molar-refractivity contribution in [3.63, 3.8) is 0 Å². The molecule has 0 radical (unpaired) electrons. The lowest BCUT2D eigenvalue weighted by Gasteiger charge is -2.10. The number of carbonyl (C=O) groups excluding carboxylic acids is 1. The van der Waals surface area contributed by atoms with Gasteiger partial charge in [-0.15, -0.1) is 0 Å². The Morgan fingerprint density at radius 3 is 2.61 bits per heavy atom. The van der Waals surface area contributed by atoms with E-state index in [1.165, 1.54) is 18.3 Å². The van der Waals surface area contributed by atoms with Crippen molar-refractivity contribution in [2.24, 2.45) is 0 Å². The minimum Gasteiger partial charge on any atom is -0.382 e. The second-order valence-corrected chi connectivity index (χ2v) is 7.05. The second kappa shape index (κ2) is 8.35. The molecule has 31 heavy (non-hydrogen) atoms. The number of aromatic nitrogens is 3. The van der Waals surface area contributed by atoms with E-state index in [4.69, 9.17) is 10.3 Å². The highest BCUT2D eigenvalue weighted by Crippen LogP contribution is 2.30. The van der Waals surface area contributed by atoms with E-state index in [-0.39, 0.29) is 11.4 Å². The third-order valence-electron chi connectivity index (χ3n) is 4.87. The maximum Gasteiger partial charge on any atom is 0.254 e. The van der Waals surface area contributed by atoms with Crippen LogP contribution in [0.2, 0.25) is 0 Å². The van der Waals surface area contributed by atoms with Crippen LogP contribution in [0.15, 0.2) is 59.3 Å². The summed E-state index contributed by atoms with van der Waals surface area (Å²) in [5, 5.41) is 6.64. The first-order valence-electron chi connectivity index (χ1n) is 9.62. The smallest absolute Gasteiger partial charge is 0.254 e. The molecule has 8 heteroatoms.